The van der Waals surface area contributed by atoms with E-state index in [-0.39, 0.29) is 0 Å². The lowest BCUT2D eigenvalue weighted by molar-refractivity contribution is 0.241. The van der Waals surface area contributed by atoms with E-state index >= 15 is 0 Å². The van der Waals surface area contributed by atoms with Gasteiger partial charge in [-0.2, -0.15) is 0 Å². The molecule has 1 aliphatic heterocycles. The van der Waals surface area contributed by atoms with Crippen molar-refractivity contribution < 1.29 is 0 Å². The SMILES string of the molecule is CCC(N)CN1CCN(c2ccc(Cl)cc2)CC1. The fraction of sp³-hybridized carbons (Fsp3) is 0.571. The van der Waals surface area contributed by atoms with Crippen molar-refractivity contribution in [3.63, 3.8) is 0 Å². The van der Waals surface area contributed by atoms with E-state index in [4.69, 9.17) is 17.3 Å². The van der Waals surface area contributed by atoms with E-state index in [1.807, 2.05) is 12.1 Å². The predicted molar refractivity (Wildman–Crippen MR) is 78.4 cm³/mol. The lowest BCUT2D eigenvalue weighted by atomic mass is 10.2. The summed E-state index contributed by atoms with van der Waals surface area (Å²) in [6, 6.07) is 8.41. The molecule has 1 aliphatic rings. The molecule has 0 aromatic heterocycles. The van der Waals surface area contributed by atoms with Crippen LogP contribution in [-0.4, -0.2) is 43.7 Å². The molecular weight excluding hydrogens is 246 g/mol. The number of halogens is 1. The molecule has 0 spiro atoms. The molecule has 1 atom stereocenters. The van der Waals surface area contributed by atoms with Crippen LogP contribution in [0.4, 0.5) is 5.69 Å². The molecule has 0 saturated carbocycles. The van der Waals surface area contributed by atoms with Gasteiger partial charge in [-0.15, -0.1) is 0 Å². The van der Waals surface area contributed by atoms with Gasteiger partial charge in [0.05, 0.1) is 0 Å². The predicted octanol–water partition coefficient (Wildman–Crippen LogP) is 2.20. The third kappa shape index (κ3) is 3.61. The minimum atomic E-state index is 0.312. The van der Waals surface area contributed by atoms with Gasteiger partial charge in [0.2, 0.25) is 0 Å². The number of rotatable bonds is 4. The number of piperazine rings is 1. The molecule has 1 aromatic carbocycles. The zero-order chi connectivity index (χ0) is 13.0. The fourth-order valence-corrected chi connectivity index (χ4v) is 2.43. The van der Waals surface area contributed by atoms with Crippen molar-refractivity contribution in [3.8, 4) is 0 Å². The molecule has 1 saturated heterocycles. The van der Waals surface area contributed by atoms with Crippen LogP contribution in [0.2, 0.25) is 5.02 Å². The van der Waals surface area contributed by atoms with Crippen molar-refractivity contribution in [1.29, 1.82) is 0 Å². The summed E-state index contributed by atoms with van der Waals surface area (Å²) in [6.45, 7) is 7.49. The third-order valence-electron chi connectivity index (χ3n) is 3.58. The Morgan fingerprint density at radius 3 is 2.33 bits per heavy atom. The fourth-order valence-electron chi connectivity index (χ4n) is 2.30. The first-order valence-corrected chi connectivity index (χ1v) is 7.05. The molecule has 0 amide bonds. The molecule has 2 N–H and O–H groups in total. The van der Waals surface area contributed by atoms with Crippen molar-refractivity contribution in [1.82, 2.24) is 4.90 Å². The van der Waals surface area contributed by atoms with Crippen LogP contribution in [0.5, 0.6) is 0 Å². The summed E-state index contributed by atoms with van der Waals surface area (Å²) in [5.41, 5.74) is 7.26. The minimum absolute atomic E-state index is 0.312. The number of nitrogens with two attached hydrogens (primary N) is 1. The molecule has 0 bridgehead atoms. The zero-order valence-electron chi connectivity index (χ0n) is 11.0. The Morgan fingerprint density at radius 2 is 1.78 bits per heavy atom. The van der Waals surface area contributed by atoms with Crippen LogP contribution in [-0.2, 0) is 0 Å². The molecule has 0 aliphatic carbocycles. The van der Waals surface area contributed by atoms with E-state index in [2.05, 4.69) is 28.9 Å². The number of hydrogen-bond donors (Lipinski definition) is 1. The molecule has 3 nitrogen and oxygen atoms in total. The van der Waals surface area contributed by atoms with Gasteiger partial charge in [-0.1, -0.05) is 18.5 Å². The number of hydrogen-bond acceptors (Lipinski definition) is 3. The van der Waals surface area contributed by atoms with Crippen molar-refractivity contribution in [2.75, 3.05) is 37.6 Å². The van der Waals surface area contributed by atoms with Gasteiger partial charge in [0.25, 0.3) is 0 Å². The lowest BCUT2D eigenvalue weighted by Gasteiger charge is -2.37. The first-order chi connectivity index (χ1) is 8.69. The van der Waals surface area contributed by atoms with Gasteiger partial charge in [0.15, 0.2) is 0 Å². The Hall–Kier alpha value is -0.770. The quantitative estimate of drug-likeness (QED) is 0.908. The van der Waals surface area contributed by atoms with Crippen LogP contribution < -0.4 is 10.6 Å². The first kappa shape index (κ1) is 13.7. The second kappa shape index (κ2) is 6.41. The maximum atomic E-state index is 6.00. The van der Waals surface area contributed by atoms with E-state index in [9.17, 15) is 0 Å². The monoisotopic (exact) mass is 267 g/mol. The normalized spacial score (nSPS) is 18.9. The van der Waals surface area contributed by atoms with E-state index in [0.717, 1.165) is 44.2 Å². The molecule has 1 unspecified atom stereocenters. The topological polar surface area (TPSA) is 32.5 Å². The van der Waals surface area contributed by atoms with Crippen LogP contribution in [0.3, 0.4) is 0 Å². The Balaban J connectivity index is 1.84. The summed E-state index contributed by atoms with van der Waals surface area (Å²) in [6.07, 6.45) is 1.05. The molecular formula is C14H22ClN3. The largest absolute Gasteiger partial charge is 0.369 e. The van der Waals surface area contributed by atoms with Crippen molar-refractivity contribution >= 4 is 17.3 Å². The van der Waals surface area contributed by atoms with Crippen LogP contribution >= 0.6 is 11.6 Å². The second-order valence-corrected chi connectivity index (χ2v) is 5.37. The van der Waals surface area contributed by atoms with E-state index in [1.54, 1.807) is 0 Å². The highest BCUT2D eigenvalue weighted by molar-refractivity contribution is 6.30. The van der Waals surface area contributed by atoms with Crippen LogP contribution in [0, 0.1) is 0 Å². The van der Waals surface area contributed by atoms with Crippen molar-refractivity contribution in [2.24, 2.45) is 5.73 Å². The maximum Gasteiger partial charge on any atom is 0.0407 e. The first-order valence-electron chi connectivity index (χ1n) is 6.67. The van der Waals surface area contributed by atoms with Crippen LogP contribution in [0.15, 0.2) is 24.3 Å². The van der Waals surface area contributed by atoms with Gasteiger partial charge >= 0.3 is 0 Å². The molecule has 2 rings (SSSR count). The summed E-state index contributed by atoms with van der Waals surface area (Å²) in [5, 5.41) is 0.798. The molecule has 1 fully saturated rings. The smallest absolute Gasteiger partial charge is 0.0407 e. The van der Waals surface area contributed by atoms with E-state index in [0.29, 0.717) is 6.04 Å². The average Bonchev–Trinajstić information content (AvgIpc) is 2.40. The second-order valence-electron chi connectivity index (χ2n) is 4.93. The van der Waals surface area contributed by atoms with Gasteiger partial charge in [-0.3, -0.25) is 4.90 Å². The van der Waals surface area contributed by atoms with Gasteiger partial charge in [-0.05, 0) is 30.7 Å². The number of benzene rings is 1. The Bertz CT molecular complexity index is 358. The zero-order valence-corrected chi connectivity index (χ0v) is 11.7. The Labute approximate surface area is 115 Å². The number of anilines is 1. The minimum Gasteiger partial charge on any atom is -0.369 e. The summed E-state index contributed by atoms with van der Waals surface area (Å²) < 4.78 is 0. The molecule has 4 heteroatoms. The highest BCUT2D eigenvalue weighted by Crippen LogP contribution is 2.19. The van der Waals surface area contributed by atoms with Crippen LogP contribution in [0.1, 0.15) is 13.3 Å². The molecule has 1 heterocycles. The Morgan fingerprint density at radius 1 is 1.17 bits per heavy atom. The lowest BCUT2D eigenvalue weighted by Crippen LogP contribution is -2.49. The van der Waals surface area contributed by atoms with Crippen molar-refractivity contribution in [3.05, 3.63) is 29.3 Å². The summed E-state index contributed by atoms with van der Waals surface area (Å²) >= 11 is 5.91. The van der Waals surface area contributed by atoms with Crippen molar-refractivity contribution in [2.45, 2.75) is 19.4 Å². The number of nitrogens with zero attached hydrogens (tertiary/aromatic N) is 2. The van der Waals surface area contributed by atoms with Gasteiger partial charge in [0.1, 0.15) is 0 Å². The van der Waals surface area contributed by atoms with Gasteiger partial charge in [0, 0.05) is 49.5 Å². The molecule has 100 valence electrons. The Kier molecular flexibility index (Phi) is 4.87. The summed E-state index contributed by atoms with van der Waals surface area (Å²) in [5.74, 6) is 0. The van der Waals surface area contributed by atoms with Crippen LogP contribution in [0.25, 0.3) is 0 Å². The maximum absolute atomic E-state index is 6.00. The van der Waals surface area contributed by atoms with E-state index < -0.39 is 0 Å². The van der Waals surface area contributed by atoms with E-state index in [1.165, 1.54) is 5.69 Å². The summed E-state index contributed by atoms with van der Waals surface area (Å²) in [4.78, 5) is 4.87. The highest BCUT2D eigenvalue weighted by Gasteiger charge is 2.18. The molecule has 18 heavy (non-hydrogen) atoms. The standard InChI is InChI=1S/C14H22ClN3/c1-2-13(16)11-17-7-9-18(10-8-17)14-5-3-12(15)4-6-14/h3-6,13H,2,7-11,16H2,1H3. The highest BCUT2D eigenvalue weighted by atomic mass is 35.5. The third-order valence-corrected chi connectivity index (χ3v) is 3.83. The molecule has 1 aromatic rings. The molecule has 0 radical (unpaired) electrons. The van der Waals surface area contributed by atoms with Gasteiger partial charge in [-0.25, -0.2) is 0 Å². The average molecular weight is 268 g/mol. The van der Waals surface area contributed by atoms with Gasteiger partial charge < -0.3 is 10.6 Å². The summed E-state index contributed by atoms with van der Waals surface area (Å²) in [7, 11) is 0.